The minimum atomic E-state index is -4.21. The number of likely N-dealkylation sites (tertiary alicyclic amines) is 1. The number of amides is 3. The van der Waals surface area contributed by atoms with E-state index in [0.717, 1.165) is 11.1 Å². The molecule has 2 aromatic carbocycles. The van der Waals surface area contributed by atoms with Crippen molar-refractivity contribution in [3.05, 3.63) is 64.7 Å². The molecule has 0 radical (unpaired) electrons. The summed E-state index contributed by atoms with van der Waals surface area (Å²) >= 11 is 0. The zero-order valence-corrected chi connectivity index (χ0v) is 19.5. The third-order valence-electron chi connectivity index (χ3n) is 7.08. The topological polar surface area (TPSA) is 79.0 Å². The first-order valence-corrected chi connectivity index (χ1v) is 12.0. The van der Waals surface area contributed by atoms with Gasteiger partial charge in [-0.3, -0.25) is 24.6 Å². The summed E-state index contributed by atoms with van der Waals surface area (Å²) in [6, 6.07) is 10.4. The normalized spacial score (nSPS) is 22.6. The lowest BCUT2D eigenvalue weighted by molar-refractivity contribution is -0.177. The van der Waals surface area contributed by atoms with Crippen molar-refractivity contribution < 1.29 is 32.3 Å². The summed E-state index contributed by atoms with van der Waals surface area (Å²) in [7, 11) is 0. The van der Waals surface area contributed by atoms with Crippen molar-refractivity contribution in [3.63, 3.8) is 0 Å². The smallest absolute Gasteiger partial charge is 0.404 e. The number of piperidine rings is 1. The zero-order chi connectivity index (χ0) is 25.4. The SMILES string of the molecule is O=C1CC[C@H](N2Cc3c(OCc4ccc(CN5CCC[C@H]5C(F)(F)F)cc4)cccc3C2=O)C(=O)N1. The van der Waals surface area contributed by atoms with Gasteiger partial charge in [0.05, 0.1) is 6.54 Å². The van der Waals surface area contributed by atoms with Crippen molar-refractivity contribution in [2.45, 2.75) is 63.6 Å². The number of rotatable bonds is 6. The first kappa shape index (κ1) is 24.3. The van der Waals surface area contributed by atoms with E-state index in [9.17, 15) is 27.6 Å². The van der Waals surface area contributed by atoms with Crippen LogP contribution >= 0.6 is 0 Å². The van der Waals surface area contributed by atoms with E-state index in [1.54, 1.807) is 18.2 Å². The minimum absolute atomic E-state index is 0.139. The van der Waals surface area contributed by atoms with E-state index >= 15 is 0 Å². The van der Waals surface area contributed by atoms with Crippen molar-refractivity contribution in [1.29, 1.82) is 0 Å². The summed E-state index contributed by atoms with van der Waals surface area (Å²) in [5.41, 5.74) is 2.81. The molecule has 5 rings (SSSR count). The van der Waals surface area contributed by atoms with Crippen LogP contribution in [0.15, 0.2) is 42.5 Å². The summed E-state index contributed by atoms with van der Waals surface area (Å²) in [6.07, 6.45) is -3.06. The highest BCUT2D eigenvalue weighted by Gasteiger charge is 2.45. The largest absolute Gasteiger partial charge is 0.489 e. The predicted molar refractivity (Wildman–Crippen MR) is 123 cm³/mol. The van der Waals surface area contributed by atoms with Crippen LogP contribution in [-0.2, 0) is 29.3 Å². The Balaban J connectivity index is 1.22. The molecule has 3 aliphatic heterocycles. The Labute approximate surface area is 206 Å². The van der Waals surface area contributed by atoms with E-state index < -0.39 is 24.2 Å². The monoisotopic (exact) mass is 501 g/mol. The molecule has 3 amide bonds. The number of nitrogens with one attached hydrogen (secondary N) is 1. The molecular weight excluding hydrogens is 475 g/mol. The van der Waals surface area contributed by atoms with Crippen LogP contribution in [0.1, 0.15) is 52.7 Å². The van der Waals surface area contributed by atoms with Crippen LogP contribution in [0.4, 0.5) is 13.2 Å². The van der Waals surface area contributed by atoms with E-state index in [4.69, 9.17) is 4.74 Å². The van der Waals surface area contributed by atoms with Crippen LogP contribution in [0.25, 0.3) is 0 Å². The average molecular weight is 502 g/mol. The van der Waals surface area contributed by atoms with Gasteiger partial charge in [0.15, 0.2) is 0 Å². The fourth-order valence-corrected chi connectivity index (χ4v) is 5.21. The Bertz CT molecular complexity index is 1180. The number of halogens is 3. The molecule has 0 bridgehead atoms. The molecule has 7 nitrogen and oxygen atoms in total. The summed E-state index contributed by atoms with van der Waals surface area (Å²) in [4.78, 5) is 39.6. The molecule has 3 heterocycles. The van der Waals surface area contributed by atoms with Gasteiger partial charge in [-0.15, -0.1) is 0 Å². The fourth-order valence-electron chi connectivity index (χ4n) is 5.21. The van der Waals surface area contributed by atoms with Gasteiger partial charge in [0.1, 0.15) is 24.4 Å². The van der Waals surface area contributed by atoms with E-state index in [1.807, 2.05) is 24.3 Å². The molecule has 10 heteroatoms. The molecule has 2 saturated heterocycles. The Kier molecular flexibility index (Phi) is 6.46. The fraction of sp³-hybridized carbons (Fsp3) is 0.423. The maximum absolute atomic E-state index is 13.2. The molecule has 2 fully saturated rings. The summed E-state index contributed by atoms with van der Waals surface area (Å²) < 4.78 is 45.6. The van der Waals surface area contributed by atoms with E-state index in [1.165, 1.54) is 9.80 Å². The lowest BCUT2D eigenvalue weighted by Crippen LogP contribution is -2.52. The number of hydrogen-bond donors (Lipinski definition) is 1. The summed E-state index contributed by atoms with van der Waals surface area (Å²) in [6.45, 7) is 1.11. The first-order chi connectivity index (χ1) is 17.2. The Morgan fingerprint density at radius 1 is 1.00 bits per heavy atom. The van der Waals surface area contributed by atoms with Gasteiger partial charge in [-0.1, -0.05) is 30.3 Å². The van der Waals surface area contributed by atoms with Crippen LogP contribution in [0.3, 0.4) is 0 Å². The zero-order valence-electron chi connectivity index (χ0n) is 19.5. The number of hydrogen-bond acceptors (Lipinski definition) is 5. The molecule has 2 aromatic rings. The van der Waals surface area contributed by atoms with E-state index in [2.05, 4.69) is 5.32 Å². The first-order valence-electron chi connectivity index (χ1n) is 12.0. The van der Waals surface area contributed by atoms with Gasteiger partial charge in [-0.25, -0.2) is 0 Å². The molecule has 3 aliphatic rings. The quantitative estimate of drug-likeness (QED) is 0.613. The number of alkyl halides is 3. The highest BCUT2D eigenvalue weighted by atomic mass is 19.4. The van der Waals surface area contributed by atoms with Gasteiger partial charge in [0.2, 0.25) is 11.8 Å². The molecule has 2 atom stereocenters. The van der Waals surface area contributed by atoms with Crippen molar-refractivity contribution >= 4 is 17.7 Å². The predicted octanol–water partition coefficient (Wildman–Crippen LogP) is 3.55. The maximum Gasteiger partial charge on any atom is 0.404 e. The van der Waals surface area contributed by atoms with Crippen molar-refractivity contribution in [1.82, 2.24) is 15.1 Å². The lowest BCUT2D eigenvalue weighted by Gasteiger charge is -2.29. The van der Waals surface area contributed by atoms with Crippen molar-refractivity contribution in [3.8, 4) is 5.75 Å². The number of benzene rings is 2. The number of ether oxygens (including phenoxy) is 1. The summed E-state index contributed by atoms with van der Waals surface area (Å²) in [5, 5.41) is 2.29. The second kappa shape index (κ2) is 9.57. The average Bonchev–Trinajstić information content (AvgIpc) is 3.44. The standard InChI is InChI=1S/C26H26F3N3O4/c27-26(28,29)22-5-2-12-31(22)13-16-6-8-17(9-7-16)15-36-21-4-1-3-18-19(21)14-32(25(18)35)20-10-11-23(33)30-24(20)34/h1,3-4,6-9,20,22H,2,5,10-15H2,(H,30,33,34)/t20-,22-/m0/s1. The Morgan fingerprint density at radius 2 is 1.75 bits per heavy atom. The van der Waals surface area contributed by atoms with Crippen molar-refractivity contribution in [2.75, 3.05) is 6.54 Å². The Morgan fingerprint density at radius 3 is 2.47 bits per heavy atom. The number of imide groups is 1. The molecule has 0 saturated carbocycles. The number of nitrogens with zero attached hydrogens (tertiary/aromatic N) is 2. The lowest BCUT2D eigenvalue weighted by atomic mass is 10.0. The van der Waals surface area contributed by atoms with Gasteiger partial charge in [0.25, 0.3) is 5.91 Å². The van der Waals surface area contributed by atoms with Gasteiger partial charge >= 0.3 is 6.18 Å². The Hall–Kier alpha value is -3.40. The number of fused-ring (bicyclic) bond motifs is 1. The van der Waals surface area contributed by atoms with Crippen LogP contribution in [0.5, 0.6) is 5.75 Å². The molecular formula is C26H26F3N3O4. The minimum Gasteiger partial charge on any atom is -0.489 e. The van der Waals surface area contributed by atoms with Gasteiger partial charge in [0, 0.05) is 24.1 Å². The van der Waals surface area contributed by atoms with Crippen LogP contribution in [0.2, 0.25) is 0 Å². The third-order valence-corrected chi connectivity index (χ3v) is 7.08. The highest BCUT2D eigenvalue weighted by molar-refractivity contribution is 6.05. The number of carbonyl (C=O) groups excluding carboxylic acids is 3. The van der Waals surface area contributed by atoms with Gasteiger partial charge < -0.3 is 9.64 Å². The highest BCUT2D eigenvalue weighted by Crippen LogP contribution is 2.35. The second-order valence-electron chi connectivity index (χ2n) is 9.46. The number of carbonyl (C=O) groups is 3. The third kappa shape index (κ3) is 4.82. The molecule has 190 valence electrons. The van der Waals surface area contributed by atoms with Crippen LogP contribution in [0, 0.1) is 0 Å². The van der Waals surface area contributed by atoms with E-state index in [-0.39, 0.29) is 50.8 Å². The van der Waals surface area contributed by atoms with Gasteiger partial charge in [-0.05, 0) is 49.1 Å². The molecule has 0 spiro atoms. The molecule has 0 unspecified atom stereocenters. The second-order valence-corrected chi connectivity index (χ2v) is 9.46. The summed E-state index contributed by atoms with van der Waals surface area (Å²) in [5.74, 6) is -0.542. The molecule has 1 N–H and O–H groups in total. The van der Waals surface area contributed by atoms with Gasteiger partial charge in [-0.2, -0.15) is 13.2 Å². The van der Waals surface area contributed by atoms with Crippen LogP contribution < -0.4 is 10.1 Å². The van der Waals surface area contributed by atoms with Crippen LogP contribution in [-0.4, -0.2) is 52.3 Å². The molecule has 0 aliphatic carbocycles. The maximum atomic E-state index is 13.2. The molecule has 36 heavy (non-hydrogen) atoms. The van der Waals surface area contributed by atoms with E-state index in [0.29, 0.717) is 29.8 Å². The molecule has 0 aromatic heterocycles. The van der Waals surface area contributed by atoms with Crippen molar-refractivity contribution in [2.24, 2.45) is 0 Å².